The number of fused-ring (bicyclic) bond motifs is 1. The van der Waals surface area contributed by atoms with E-state index in [2.05, 4.69) is 48.0 Å². The van der Waals surface area contributed by atoms with Crippen LogP contribution < -0.4 is 5.43 Å². The van der Waals surface area contributed by atoms with Gasteiger partial charge in [-0.25, -0.2) is 0 Å². The molecule has 0 amide bonds. The van der Waals surface area contributed by atoms with Crippen molar-refractivity contribution in [2.24, 2.45) is 0 Å². The Morgan fingerprint density at radius 2 is 1.71 bits per heavy atom. The summed E-state index contributed by atoms with van der Waals surface area (Å²) in [6, 6.07) is 24.2. The minimum atomic E-state index is 0.0694. The van der Waals surface area contributed by atoms with Gasteiger partial charge in [-0.1, -0.05) is 72.0 Å². The van der Waals surface area contributed by atoms with Crippen molar-refractivity contribution in [2.75, 3.05) is 0 Å². The highest BCUT2D eigenvalue weighted by Gasteiger charge is 2.06. The number of nitrogens with one attached hydrogen (secondary N) is 1. The van der Waals surface area contributed by atoms with Crippen LogP contribution in [-0.2, 0) is 12.8 Å². The number of hydrogen-bond donors (Lipinski definition) is 1. The largest absolute Gasteiger partial charge is 0.361 e. The minimum Gasteiger partial charge on any atom is -0.361 e. The van der Waals surface area contributed by atoms with E-state index in [1.165, 1.54) is 11.1 Å². The molecule has 136 valence electrons. The number of rotatable bonds is 3. The molecule has 1 N–H and O–H groups in total. The van der Waals surface area contributed by atoms with Crippen molar-refractivity contribution in [3.63, 3.8) is 0 Å². The molecule has 0 radical (unpaired) electrons. The van der Waals surface area contributed by atoms with E-state index in [4.69, 9.17) is 0 Å². The summed E-state index contributed by atoms with van der Waals surface area (Å²) in [5.74, 6) is 6.42. The lowest BCUT2D eigenvalue weighted by atomic mass is 10.0. The Balaban J connectivity index is 1.62. The Labute approximate surface area is 164 Å². The van der Waals surface area contributed by atoms with Gasteiger partial charge in [0.05, 0.1) is 0 Å². The topological polar surface area (TPSA) is 32.9 Å². The van der Waals surface area contributed by atoms with Crippen LogP contribution in [0.2, 0.25) is 0 Å². The molecular weight excluding hydrogens is 342 g/mol. The highest BCUT2D eigenvalue weighted by Crippen LogP contribution is 2.13. The second-order valence-electron chi connectivity index (χ2n) is 7.03. The number of aromatic nitrogens is 1. The predicted octanol–water partition coefficient (Wildman–Crippen LogP) is 5.02. The molecule has 0 aliphatic carbocycles. The van der Waals surface area contributed by atoms with Gasteiger partial charge in [-0.15, -0.1) is 0 Å². The fourth-order valence-electron chi connectivity index (χ4n) is 3.36. The van der Waals surface area contributed by atoms with Gasteiger partial charge >= 0.3 is 0 Å². The molecule has 0 bridgehead atoms. The van der Waals surface area contributed by atoms with E-state index in [1.54, 1.807) is 0 Å². The normalized spacial score (nSPS) is 10.5. The molecule has 0 atom stereocenters. The second kappa shape index (κ2) is 7.98. The van der Waals surface area contributed by atoms with Crippen molar-refractivity contribution in [2.45, 2.75) is 19.8 Å². The highest BCUT2D eigenvalue weighted by atomic mass is 16.1. The van der Waals surface area contributed by atoms with Gasteiger partial charge < -0.3 is 4.98 Å². The van der Waals surface area contributed by atoms with Crippen molar-refractivity contribution in [3.8, 4) is 11.8 Å². The third kappa shape index (κ3) is 4.05. The van der Waals surface area contributed by atoms with E-state index in [0.29, 0.717) is 18.2 Å². The molecule has 1 aromatic heterocycles. The highest BCUT2D eigenvalue weighted by molar-refractivity contribution is 5.80. The molecule has 0 aliphatic rings. The number of aromatic amines is 1. The lowest BCUT2D eigenvalue weighted by molar-refractivity contribution is 1.14. The van der Waals surface area contributed by atoms with Crippen molar-refractivity contribution in [1.29, 1.82) is 0 Å². The van der Waals surface area contributed by atoms with Crippen molar-refractivity contribution in [1.82, 2.24) is 4.98 Å². The SMILES string of the molecule is Cc1cccc(CC#Cc2ccc3[nH]cc(Cc4ccccc4)c(=O)c3c2)c1. The number of hydrogen-bond acceptors (Lipinski definition) is 1. The Hall–Kier alpha value is -3.57. The van der Waals surface area contributed by atoms with Crippen LogP contribution in [0.1, 0.15) is 27.8 Å². The third-order valence-corrected chi connectivity index (χ3v) is 4.80. The van der Waals surface area contributed by atoms with Gasteiger partial charge in [0.15, 0.2) is 5.43 Å². The smallest absolute Gasteiger partial charge is 0.192 e. The molecule has 3 aromatic carbocycles. The van der Waals surface area contributed by atoms with Crippen LogP contribution in [0, 0.1) is 18.8 Å². The first-order valence-corrected chi connectivity index (χ1v) is 9.42. The predicted molar refractivity (Wildman–Crippen MR) is 116 cm³/mol. The number of pyridine rings is 1. The zero-order chi connectivity index (χ0) is 19.3. The molecule has 4 aromatic rings. The fourth-order valence-corrected chi connectivity index (χ4v) is 3.36. The molecule has 0 spiro atoms. The molecule has 1 heterocycles. The van der Waals surface area contributed by atoms with Crippen molar-refractivity contribution in [3.05, 3.63) is 117 Å². The summed E-state index contributed by atoms with van der Waals surface area (Å²) < 4.78 is 0. The first-order chi connectivity index (χ1) is 13.7. The standard InChI is InChI=1S/C26H21NO/c1-19-7-5-10-20(15-19)11-6-12-22-13-14-25-24(17-22)26(28)23(18-27-25)16-21-8-3-2-4-9-21/h2-5,7-10,13-15,17-18H,11,16H2,1H3,(H,27,28). The van der Waals surface area contributed by atoms with Crippen LogP contribution in [0.15, 0.2) is 83.8 Å². The summed E-state index contributed by atoms with van der Waals surface area (Å²) in [5, 5.41) is 0.691. The summed E-state index contributed by atoms with van der Waals surface area (Å²) >= 11 is 0. The Bertz CT molecular complexity index is 1240. The van der Waals surface area contributed by atoms with Crippen LogP contribution in [0.25, 0.3) is 10.9 Å². The van der Waals surface area contributed by atoms with Gasteiger partial charge in [-0.2, -0.15) is 0 Å². The number of aryl methyl sites for hydroxylation is 1. The zero-order valence-electron chi connectivity index (χ0n) is 15.8. The summed E-state index contributed by atoms with van der Waals surface area (Å²) in [6.45, 7) is 2.08. The molecule has 0 aliphatic heterocycles. The molecule has 0 fully saturated rings. The molecule has 0 saturated heterocycles. The first-order valence-electron chi connectivity index (χ1n) is 9.42. The van der Waals surface area contributed by atoms with E-state index in [9.17, 15) is 4.79 Å². The molecule has 4 rings (SSSR count). The van der Waals surface area contributed by atoms with Gasteiger partial charge in [-0.3, -0.25) is 4.79 Å². The van der Waals surface area contributed by atoms with E-state index in [0.717, 1.165) is 22.2 Å². The first kappa shape index (κ1) is 17.8. The Morgan fingerprint density at radius 3 is 2.54 bits per heavy atom. The van der Waals surface area contributed by atoms with Crippen LogP contribution in [0.3, 0.4) is 0 Å². The number of H-pyrrole nitrogens is 1. The van der Waals surface area contributed by atoms with E-state index >= 15 is 0 Å². The van der Waals surface area contributed by atoms with Gasteiger partial charge in [0.1, 0.15) is 0 Å². The van der Waals surface area contributed by atoms with E-state index in [-0.39, 0.29) is 5.43 Å². The molecular formula is C26H21NO. The van der Waals surface area contributed by atoms with Gasteiger partial charge in [0, 0.05) is 41.1 Å². The molecule has 0 unspecified atom stereocenters. The summed E-state index contributed by atoms with van der Waals surface area (Å²) in [5.41, 5.74) is 6.11. The maximum absolute atomic E-state index is 12.9. The molecule has 2 nitrogen and oxygen atoms in total. The average Bonchev–Trinajstić information content (AvgIpc) is 2.71. The van der Waals surface area contributed by atoms with E-state index < -0.39 is 0 Å². The van der Waals surface area contributed by atoms with Gasteiger partial charge in [0.25, 0.3) is 0 Å². The molecule has 28 heavy (non-hydrogen) atoms. The Morgan fingerprint density at radius 1 is 0.893 bits per heavy atom. The summed E-state index contributed by atoms with van der Waals surface area (Å²) in [7, 11) is 0. The summed E-state index contributed by atoms with van der Waals surface area (Å²) in [6.07, 6.45) is 3.14. The minimum absolute atomic E-state index is 0.0694. The monoisotopic (exact) mass is 363 g/mol. The van der Waals surface area contributed by atoms with Gasteiger partial charge in [0.2, 0.25) is 0 Å². The average molecular weight is 363 g/mol. The van der Waals surface area contributed by atoms with Crippen LogP contribution in [-0.4, -0.2) is 4.98 Å². The van der Waals surface area contributed by atoms with Gasteiger partial charge in [-0.05, 0) is 36.2 Å². The van der Waals surface area contributed by atoms with Crippen molar-refractivity contribution >= 4 is 10.9 Å². The van der Waals surface area contributed by atoms with Crippen LogP contribution in [0.4, 0.5) is 0 Å². The molecule has 2 heteroatoms. The van der Waals surface area contributed by atoms with E-state index in [1.807, 2.05) is 54.7 Å². The fraction of sp³-hybridized carbons (Fsp3) is 0.115. The lowest BCUT2D eigenvalue weighted by Crippen LogP contribution is -2.10. The van der Waals surface area contributed by atoms with Crippen LogP contribution >= 0.6 is 0 Å². The van der Waals surface area contributed by atoms with Crippen LogP contribution in [0.5, 0.6) is 0 Å². The quantitative estimate of drug-likeness (QED) is 0.509. The molecule has 0 saturated carbocycles. The zero-order valence-corrected chi connectivity index (χ0v) is 15.8. The Kier molecular flexibility index (Phi) is 5.08. The maximum Gasteiger partial charge on any atom is 0.192 e. The second-order valence-corrected chi connectivity index (χ2v) is 7.03. The number of benzene rings is 3. The lowest BCUT2D eigenvalue weighted by Gasteiger charge is -2.04. The van der Waals surface area contributed by atoms with Crippen molar-refractivity contribution < 1.29 is 0 Å². The summed E-state index contributed by atoms with van der Waals surface area (Å²) in [4.78, 5) is 16.2. The third-order valence-electron chi connectivity index (χ3n) is 4.80. The maximum atomic E-state index is 12.9.